The van der Waals surface area contributed by atoms with Gasteiger partial charge in [-0.2, -0.15) is 4.99 Å². The van der Waals surface area contributed by atoms with Crippen LogP contribution in [0.2, 0.25) is 0 Å². The van der Waals surface area contributed by atoms with Crippen LogP contribution in [-0.2, 0) is 4.79 Å². The Morgan fingerprint density at radius 2 is 1.85 bits per heavy atom. The maximum Gasteiger partial charge on any atom is 0.278 e. The van der Waals surface area contributed by atoms with E-state index in [9.17, 15) is 4.79 Å². The number of alkyl halides is 3. The van der Waals surface area contributed by atoms with Crippen LogP contribution < -0.4 is 16.8 Å². The Kier molecular flexibility index (Phi) is 4.25. The van der Waals surface area contributed by atoms with E-state index in [0.717, 1.165) is 0 Å². The SMILES string of the molecule is N=C(N=C(N)N)NC(=O)C(Cl)(Cl)Cl. The van der Waals surface area contributed by atoms with Crippen LogP contribution in [0.1, 0.15) is 0 Å². The highest BCUT2D eigenvalue weighted by molar-refractivity contribution is 6.76. The van der Waals surface area contributed by atoms with Crippen LogP contribution in [0.25, 0.3) is 0 Å². The van der Waals surface area contributed by atoms with Gasteiger partial charge in [-0.15, -0.1) is 0 Å². The lowest BCUT2D eigenvalue weighted by Crippen LogP contribution is -2.39. The summed E-state index contributed by atoms with van der Waals surface area (Å²) < 4.78 is -2.15. The number of nitrogens with one attached hydrogen (secondary N) is 2. The first kappa shape index (κ1) is 12.3. The first-order valence-electron chi connectivity index (χ1n) is 2.80. The molecule has 0 aliphatic carbocycles. The maximum atomic E-state index is 10.9. The van der Waals surface area contributed by atoms with Crippen molar-refractivity contribution in [3.63, 3.8) is 0 Å². The van der Waals surface area contributed by atoms with E-state index in [2.05, 4.69) is 4.99 Å². The zero-order valence-electron chi connectivity index (χ0n) is 6.14. The Morgan fingerprint density at radius 1 is 1.38 bits per heavy atom. The van der Waals surface area contributed by atoms with Gasteiger partial charge in [-0.05, 0) is 0 Å². The van der Waals surface area contributed by atoms with Crippen LogP contribution in [0.15, 0.2) is 4.99 Å². The molecule has 0 saturated heterocycles. The van der Waals surface area contributed by atoms with Gasteiger partial charge in [0.05, 0.1) is 0 Å². The molecular formula is C4H6Cl3N5O. The van der Waals surface area contributed by atoms with E-state index >= 15 is 0 Å². The third kappa shape index (κ3) is 5.51. The average Bonchev–Trinajstić information content (AvgIpc) is 1.82. The van der Waals surface area contributed by atoms with E-state index in [1.165, 1.54) is 0 Å². The number of guanidine groups is 2. The molecule has 0 aliphatic rings. The van der Waals surface area contributed by atoms with Crippen molar-refractivity contribution in [1.29, 1.82) is 5.41 Å². The Labute approximate surface area is 88.7 Å². The summed E-state index contributed by atoms with van der Waals surface area (Å²) in [6, 6.07) is 0. The number of aliphatic imine (C=N–C) groups is 1. The molecule has 0 atom stereocenters. The number of halogens is 3. The van der Waals surface area contributed by atoms with Gasteiger partial charge >= 0.3 is 0 Å². The summed E-state index contributed by atoms with van der Waals surface area (Å²) in [7, 11) is 0. The van der Waals surface area contributed by atoms with Crippen LogP contribution in [0.5, 0.6) is 0 Å². The summed E-state index contributed by atoms with van der Waals surface area (Å²) >= 11 is 15.5. The molecule has 0 unspecified atom stereocenters. The number of rotatable bonds is 0. The van der Waals surface area contributed by atoms with Gasteiger partial charge in [0.1, 0.15) is 0 Å². The predicted molar refractivity (Wildman–Crippen MR) is 52.0 cm³/mol. The molecule has 6 nitrogen and oxygen atoms in total. The number of carbonyl (C=O) groups excluding carboxylic acids is 1. The van der Waals surface area contributed by atoms with E-state index in [4.69, 9.17) is 51.7 Å². The van der Waals surface area contributed by atoms with Gasteiger partial charge in [-0.25, -0.2) is 0 Å². The topological polar surface area (TPSA) is 117 Å². The molecule has 74 valence electrons. The van der Waals surface area contributed by atoms with E-state index < -0.39 is 15.7 Å². The van der Waals surface area contributed by atoms with Gasteiger partial charge in [-0.1, -0.05) is 34.8 Å². The maximum absolute atomic E-state index is 10.9. The molecule has 0 bridgehead atoms. The summed E-state index contributed by atoms with van der Waals surface area (Å²) in [5.41, 5.74) is 9.83. The molecule has 0 aromatic heterocycles. The normalized spacial score (nSPS) is 10.4. The quantitative estimate of drug-likeness (QED) is 0.266. The second kappa shape index (κ2) is 4.50. The molecule has 0 spiro atoms. The first-order valence-corrected chi connectivity index (χ1v) is 3.93. The van der Waals surface area contributed by atoms with Gasteiger partial charge in [0.25, 0.3) is 9.70 Å². The monoisotopic (exact) mass is 245 g/mol. The molecule has 0 radical (unpaired) electrons. The third-order valence-corrected chi connectivity index (χ3v) is 1.25. The van der Waals surface area contributed by atoms with E-state index in [-0.39, 0.29) is 5.96 Å². The minimum Gasteiger partial charge on any atom is -0.370 e. The largest absolute Gasteiger partial charge is 0.370 e. The van der Waals surface area contributed by atoms with Crippen molar-refractivity contribution < 1.29 is 4.79 Å². The summed E-state index contributed by atoms with van der Waals surface area (Å²) in [6.45, 7) is 0. The molecule has 0 saturated carbocycles. The van der Waals surface area contributed by atoms with E-state index in [1.807, 2.05) is 5.32 Å². The molecule has 6 N–H and O–H groups in total. The van der Waals surface area contributed by atoms with Gasteiger partial charge in [0.15, 0.2) is 5.96 Å². The van der Waals surface area contributed by atoms with Crippen molar-refractivity contribution in [3.8, 4) is 0 Å². The van der Waals surface area contributed by atoms with Crippen LogP contribution in [-0.4, -0.2) is 21.6 Å². The fourth-order valence-electron chi connectivity index (χ4n) is 0.335. The van der Waals surface area contributed by atoms with Crippen LogP contribution >= 0.6 is 34.8 Å². The predicted octanol–water partition coefficient (Wildman–Crippen LogP) is -0.319. The Balaban J connectivity index is 4.25. The summed E-state index contributed by atoms with van der Waals surface area (Å²) in [5.74, 6) is -1.99. The molecule has 9 heteroatoms. The van der Waals surface area contributed by atoms with Crippen molar-refractivity contribution in [2.24, 2.45) is 16.5 Å². The van der Waals surface area contributed by atoms with Crippen molar-refractivity contribution in [3.05, 3.63) is 0 Å². The second-order valence-electron chi connectivity index (χ2n) is 1.84. The average molecular weight is 246 g/mol. The van der Waals surface area contributed by atoms with Crippen LogP contribution in [0.4, 0.5) is 0 Å². The van der Waals surface area contributed by atoms with E-state index in [0.29, 0.717) is 0 Å². The highest BCUT2D eigenvalue weighted by Gasteiger charge is 2.31. The minimum absolute atomic E-state index is 0.380. The lowest BCUT2D eigenvalue weighted by atomic mass is 10.7. The Bertz CT molecular complexity index is 253. The first-order chi connectivity index (χ1) is 5.73. The van der Waals surface area contributed by atoms with Crippen molar-refractivity contribution in [1.82, 2.24) is 5.32 Å². The number of nitrogens with zero attached hydrogens (tertiary/aromatic N) is 1. The number of nitrogens with two attached hydrogens (primary N) is 2. The third-order valence-electron chi connectivity index (χ3n) is 0.730. The molecule has 0 aromatic rings. The number of amides is 1. The number of hydrogen-bond donors (Lipinski definition) is 4. The fraction of sp³-hybridized carbons (Fsp3) is 0.250. The highest BCUT2D eigenvalue weighted by Crippen LogP contribution is 2.25. The molecule has 1 amide bonds. The van der Waals surface area contributed by atoms with Gasteiger partial charge in [0, 0.05) is 0 Å². The van der Waals surface area contributed by atoms with Crippen LogP contribution in [0, 0.1) is 5.41 Å². The van der Waals surface area contributed by atoms with Crippen LogP contribution in [0.3, 0.4) is 0 Å². The van der Waals surface area contributed by atoms with Crippen molar-refractivity contribution in [2.45, 2.75) is 3.79 Å². The zero-order valence-corrected chi connectivity index (χ0v) is 8.41. The molecule has 0 fully saturated rings. The standard InChI is InChI=1S/C4H6Cl3N5O/c5-4(6,7)1(13)11-3(10)12-2(8)9/h(H6,8,9,10,11,12,13). The molecule has 0 heterocycles. The lowest BCUT2D eigenvalue weighted by molar-refractivity contribution is -0.118. The molecular weight excluding hydrogens is 240 g/mol. The van der Waals surface area contributed by atoms with Gasteiger partial charge in [0.2, 0.25) is 5.96 Å². The summed E-state index contributed by atoms with van der Waals surface area (Å²) in [4.78, 5) is 14.0. The number of hydrogen-bond acceptors (Lipinski definition) is 2. The summed E-state index contributed by atoms with van der Waals surface area (Å²) in [6.07, 6.45) is 0. The zero-order chi connectivity index (χ0) is 10.6. The smallest absolute Gasteiger partial charge is 0.278 e. The molecule has 0 rings (SSSR count). The lowest BCUT2D eigenvalue weighted by Gasteiger charge is -2.09. The summed E-state index contributed by atoms with van der Waals surface area (Å²) in [5, 5.41) is 8.83. The second-order valence-corrected chi connectivity index (χ2v) is 4.12. The molecule has 13 heavy (non-hydrogen) atoms. The van der Waals surface area contributed by atoms with Gasteiger partial charge in [-0.3, -0.25) is 15.5 Å². The minimum atomic E-state index is -2.15. The van der Waals surface area contributed by atoms with Gasteiger partial charge < -0.3 is 11.5 Å². The molecule has 0 aromatic carbocycles. The Morgan fingerprint density at radius 3 is 2.15 bits per heavy atom. The van der Waals surface area contributed by atoms with Crippen molar-refractivity contribution in [2.75, 3.05) is 0 Å². The fourth-order valence-corrected chi connectivity index (χ4v) is 0.477. The van der Waals surface area contributed by atoms with Crippen molar-refractivity contribution >= 4 is 52.6 Å². The molecule has 0 aliphatic heterocycles. The Hall–Kier alpha value is -0.720. The van der Waals surface area contributed by atoms with E-state index in [1.54, 1.807) is 0 Å². The highest BCUT2D eigenvalue weighted by atomic mass is 35.6. The number of carbonyl (C=O) groups is 1.